The second-order valence-corrected chi connectivity index (χ2v) is 4.49. The Kier molecular flexibility index (Phi) is 3.98. The smallest absolute Gasteiger partial charge is 0.335 e. The molecule has 0 spiro atoms. The number of pyridine rings is 1. The Labute approximate surface area is 116 Å². The van der Waals surface area contributed by atoms with Crippen molar-refractivity contribution in [1.82, 2.24) is 4.98 Å². The fourth-order valence-electron chi connectivity index (χ4n) is 1.93. The highest BCUT2D eigenvalue weighted by Crippen LogP contribution is 2.27. The summed E-state index contributed by atoms with van der Waals surface area (Å²) >= 11 is 0. The van der Waals surface area contributed by atoms with E-state index in [1.807, 2.05) is 0 Å². The van der Waals surface area contributed by atoms with Crippen LogP contribution in [0, 0.1) is 5.82 Å². The summed E-state index contributed by atoms with van der Waals surface area (Å²) in [6, 6.07) is 9.29. The van der Waals surface area contributed by atoms with E-state index in [0.29, 0.717) is 11.3 Å². The standard InChI is InChI=1S/C15H15FN2O2/c1-15(14(19)20-2,11-4-3-9-17-10-11)18-13-7-5-12(16)6-8-13/h3-10,18H,1-2H3. The van der Waals surface area contributed by atoms with Crippen molar-refractivity contribution in [2.75, 3.05) is 12.4 Å². The molecule has 0 amide bonds. The lowest BCUT2D eigenvalue weighted by molar-refractivity contribution is -0.145. The fourth-order valence-corrected chi connectivity index (χ4v) is 1.93. The molecule has 1 heterocycles. The number of hydrogen-bond donors (Lipinski definition) is 1. The van der Waals surface area contributed by atoms with Crippen LogP contribution in [0.3, 0.4) is 0 Å². The van der Waals surface area contributed by atoms with Crippen molar-refractivity contribution in [2.24, 2.45) is 0 Å². The molecule has 0 aliphatic rings. The van der Waals surface area contributed by atoms with Crippen molar-refractivity contribution in [3.63, 3.8) is 0 Å². The lowest BCUT2D eigenvalue weighted by atomic mass is 9.93. The zero-order valence-corrected chi connectivity index (χ0v) is 11.3. The van der Waals surface area contributed by atoms with Gasteiger partial charge < -0.3 is 10.1 Å². The van der Waals surface area contributed by atoms with Crippen LogP contribution in [-0.4, -0.2) is 18.1 Å². The SMILES string of the molecule is COC(=O)C(C)(Nc1ccc(F)cc1)c1cccnc1. The number of hydrogen-bond acceptors (Lipinski definition) is 4. The van der Waals surface area contributed by atoms with E-state index >= 15 is 0 Å². The van der Waals surface area contributed by atoms with Gasteiger partial charge in [0.25, 0.3) is 0 Å². The highest BCUT2D eigenvalue weighted by Gasteiger charge is 2.36. The molecule has 0 bridgehead atoms. The second kappa shape index (κ2) is 5.69. The van der Waals surface area contributed by atoms with Gasteiger partial charge in [0, 0.05) is 23.6 Å². The summed E-state index contributed by atoms with van der Waals surface area (Å²) in [7, 11) is 1.32. The van der Waals surface area contributed by atoms with E-state index in [2.05, 4.69) is 10.3 Å². The summed E-state index contributed by atoms with van der Waals surface area (Å²) in [6.07, 6.45) is 3.21. The molecule has 5 heteroatoms. The van der Waals surface area contributed by atoms with Gasteiger partial charge in [-0.1, -0.05) is 6.07 Å². The van der Waals surface area contributed by atoms with Gasteiger partial charge >= 0.3 is 5.97 Å². The van der Waals surface area contributed by atoms with E-state index in [1.165, 1.54) is 19.2 Å². The summed E-state index contributed by atoms with van der Waals surface area (Å²) < 4.78 is 17.8. The molecule has 4 nitrogen and oxygen atoms in total. The summed E-state index contributed by atoms with van der Waals surface area (Å²) in [6.45, 7) is 1.69. The van der Waals surface area contributed by atoms with Gasteiger partial charge in [0.15, 0.2) is 5.54 Å². The van der Waals surface area contributed by atoms with Crippen molar-refractivity contribution in [3.05, 3.63) is 60.2 Å². The van der Waals surface area contributed by atoms with Crippen molar-refractivity contribution in [3.8, 4) is 0 Å². The zero-order chi connectivity index (χ0) is 14.6. The number of nitrogens with one attached hydrogen (secondary N) is 1. The van der Waals surface area contributed by atoms with E-state index in [4.69, 9.17) is 4.74 Å². The van der Waals surface area contributed by atoms with Gasteiger partial charge in [0.1, 0.15) is 5.82 Å². The van der Waals surface area contributed by atoms with Gasteiger partial charge in [0.05, 0.1) is 7.11 Å². The molecule has 2 rings (SSSR count). The summed E-state index contributed by atoms with van der Waals surface area (Å²) in [5.74, 6) is -0.786. The van der Waals surface area contributed by atoms with Gasteiger partial charge in [-0.2, -0.15) is 0 Å². The molecule has 2 aromatic rings. The molecule has 0 aliphatic carbocycles. The molecule has 0 radical (unpaired) electrons. The second-order valence-electron chi connectivity index (χ2n) is 4.49. The van der Waals surface area contributed by atoms with Crippen LogP contribution in [0.4, 0.5) is 10.1 Å². The van der Waals surface area contributed by atoms with E-state index in [9.17, 15) is 9.18 Å². The first-order valence-corrected chi connectivity index (χ1v) is 6.09. The van der Waals surface area contributed by atoms with Gasteiger partial charge in [-0.3, -0.25) is 4.98 Å². The third-order valence-corrected chi connectivity index (χ3v) is 3.07. The highest BCUT2D eigenvalue weighted by atomic mass is 19.1. The molecule has 1 unspecified atom stereocenters. The third kappa shape index (κ3) is 2.77. The molecule has 0 saturated heterocycles. The van der Waals surface area contributed by atoms with Crippen LogP contribution < -0.4 is 5.32 Å². The average Bonchev–Trinajstić information content (AvgIpc) is 2.49. The summed E-state index contributed by atoms with van der Waals surface area (Å²) in [5.41, 5.74) is 0.181. The highest BCUT2D eigenvalue weighted by molar-refractivity contribution is 5.85. The van der Waals surface area contributed by atoms with Crippen LogP contribution in [0.15, 0.2) is 48.8 Å². The van der Waals surface area contributed by atoms with Crippen molar-refractivity contribution in [1.29, 1.82) is 0 Å². The van der Waals surface area contributed by atoms with Gasteiger partial charge in [-0.15, -0.1) is 0 Å². The van der Waals surface area contributed by atoms with Crippen molar-refractivity contribution < 1.29 is 13.9 Å². The number of carbonyl (C=O) groups is 1. The van der Waals surface area contributed by atoms with Crippen LogP contribution in [0.5, 0.6) is 0 Å². The molecule has 1 aromatic heterocycles. The maximum atomic E-state index is 12.9. The summed E-state index contributed by atoms with van der Waals surface area (Å²) in [4.78, 5) is 16.1. The van der Waals surface area contributed by atoms with E-state index < -0.39 is 11.5 Å². The summed E-state index contributed by atoms with van der Waals surface area (Å²) in [5, 5.41) is 3.07. The average molecular weight is 274 g/mol. The number of benzene rings is 1. The molecule has 1 N–H and O–H groups in total. The Morgan fingerprint density at radius 1 is 1.30 bits per heavy atom. The number of esters is 1. The minimum atomic E-state index is -1.10. The van der Waals surface area contributed by atoms with Crippen molar-refractivity contribution in [2.45, 2.75) is 12.5 Å². The Hall–Kier alpha value is -2.43. The first kappa shape index (κ1) is 14.0. The zero-order valence-electron chi connectivity index (χ0n) is 11.3. The molecular weight excluding hydrogens is 259 g/mol. The van der Waals surface area contributed by atoms with Crippen LogP contribution in [-0.2, 0) is 15.1 Å². The molecular formula is C15H15FN2O2. The molecule has 20 heavy (non-hydrogen) atoms. The monoisotopic (exact) mass is 274 g/mol. The number of methoxy groups -OCH3 is 1. The molecule has 1 aromatic carbocycles. The van der Waals surface area contributed by atoms with E-state index in [0.717, 1.165) is 0 Å². The lowest BCUT2D eigenvalue weighted by Crippen LogP contribution is -2.41. The Morgan fingerprint density at radius 2 is 2.00 bits per heavy atom. The van der Waals surface area contributed by atoms with Gasteiger partial charge in [-0.05, 0) is 37.3 Å². The van der Waals surface area contributed by atoms with E-state index in [1.54, 1.807) is 43.6 Å². The predicted octanol–water partition coefficient (Wildman–Crippen LogP) is 2.72. The minimum Gasteiger partial charge on any atom is -0.467 e. The largest absolute Gasteiger partial charge is 0.467 e. The number of nitrogens with zero attached hydrogens (tertiary/aromatic N) is 1. The van der Waals surface area contributed by atoms with Crippen LogP contribution >= 0.6 is 0 Å². The topological polar surface area (TPSA) is 51.2 Å². The third-order valence-electron chi connectivity index (χ3n) is 3.07. The van der Waals surface area contributed by atoms with E-state index in [-0.39, 0.29) is 5.82 Å². The number of carbonyl (C=O) groups excluding carboxylic acids is 1. The molecule has 104 valence electrons. The Bertz CT molecular complexity index is 587. The number of aromatic nitrogens is 1. The predicted molar refractivity (Wildman–Crippen MR) is 73.6 cm³/mol. The van der Waals surface area contributed by atoms with Crippen LogP contribution in [0.2, 0.25) is 0 Å². The molecule has 1 atom stereocenters. The quantitative estimate of drug-likeness (QED) is 0.871. The molecule has 0 aliphatic heterocycles. The lowest BCUT2D eigenvalue weighted by Gasteiger charge is -2.29. The van der Waals surface area contributed by atoms with Crippen LogP contribution in [0.25, 0.3) is 0 Å². The fraction of sp³-hybridized carbons (Fsp3) is 0.200. The Morgan fingerprint density at radius 3 is 2.55 bits per heavy atom. The first-order chi connectivity index (χ1) is 9.56. The van der Waals surface area contributed by atoms with Crippen molar-refractivity contribution >= 4 is 11.7 Å². The molecule has 0 saturated carbocycles. The number of halogens is 1. The number of anilines is 1. The Balaban J connectivity index is 2.38. The maximum absolute atomic E-state index is 12.9. The van der Waals surface area contributed by atoms with Crippen LogP contribution in [0.1, 0.15) is 12.5 Å². The minimum absolute atomic E-state index is 0.336. The normalized spacial score (nSPS) is 13.3. The van der Waals surface area contributed by atoms with Gasteiger partial charge in [0.2, 0.25) is 0 Å². The molecule has 0 fully saturated rings. The van der Waals surface area contributed by atoms with Gasteiger partial charge in [-0.25, -0.2) is 9.18 Å². The first-order valence-electron chi connectivity index (χ1n) is 6.09. The number of rotatable bonds is 4. The number of ether oxygens (including phenoxy) is 1. The maximum Gasteiger partial charge on any atom is 0.335 e.